The van der Waals surface area contributed by atoms with Crippen LogP contribution in [0.4, 0.5) is 0 Å². The average Bonchev–Trinajstić information content (AvgIpc) is 2.67. The summed E-state index contributed by atoms with van der Waals surface area (Å²) < 4.78 is 0. The maximum Gasteiger partial charge on any atom is 0.161 e. The number of benzene rings is 1. The van der Waals surface area contributed by atoms with E-state index in [1.807, 2.05) is 0 Å². The van der Waals surface area contributed by atoms with Gasteiger partial charge in [-0.15, -0.1) is 0 Å². The fraction of sp³-hybridized carbons (Fsp3) is 0.364. The second-order valence-electron chi connectivity index (χ2n) is 3.77. The molecule has 0 saturated heterocycles. The smallest absolute Gasteiger partial charge is 0.161 e. The monoisotopic (exact) mass is 173 g/mol. The molecule has 1 aromatic carbocycles. The van der Waals surface area contributed by atoms with Crippen LogP contribution in [0, 0.1) is 5.92 Å². The molecule has 0 bridgehead atoms. The molecule has 2 nitrogen and oxygen atoms in total. The van der Waals surface area contributed by atoms with Gasteiger partial charge in [-0.2, -0.15) is 0 Å². The highest BCUT2D eigenvalue weighted by Crippen LogP contribution is 2.42. The summed E-state index contributed by atoms with van der Waals surface area (Å²) in [4.78, 5) is 5.40. The Labute approximate surface area is 77.2 Å². The maximum absolute atomic E-state index is 5.40. The van der Waals surface area contributed by atoms with Gasteiger partial charge in [0.2, 0.25) is 0 Å². The predicted octanol–water partition coefficient (Wildman–Crippen LogP) is 2.31. The number of oxime groups is 1. The van der Waals surface area contributed by atoms with Crippen LogP contribution in [0.2, 0.25) is 0 Å². The van der Waals surface area contributed by atoms with Gasteiger partial charge in [-0.1, -0.05) is 29.4 Å². The van der Waals surface area contributed by atoms with Crippen molar-refractivity contribution in [2.75, 3.05) is 0 Å². The normalized spacial score (nSPS) is 29.2. The van der Waals surface area contributed by atoms with Crippen LogP contribution in [-0.2, 0) is 11.3 Å². The van der Waals surface area contributed by atoms with Crippen molar-refractivity contribution in [3.05, 3.63) is 35.4 Å². The molecule has 2 aliphatic rings. The van der Waals surface area contributed by atoms with Gasteiger partial charge in [0.05, 0.1) is 5.71 Å². The lowest BCUT2D eigenvalue weighted by Gasteiger charge is -2.07. The minimum absolute atomic E-state index is 0.205. The van der Waals surface area contributed by atoms with Crippen molar-refractivity contribution in [2.24, 2.45) is 11.1 Å². The summed E-state index contributed by atoms with van der Waals surface area (Å²) in [6.45, 7) is 2.05. The van der Waals surface area contributed by atoms with Gasteiger partial charge >= 0.3 is 0 Å². The fourth-order valence-electron chi connectivity index (χ4n) is 2.26. The van der Waals surface area contributed by atoms with Crippen LogP contribution in [0.25, 0.3) is 0 Å². The number of nitrogens with zero attached hydrogens (tertiary/aromatic N) is 1. The first-order valence-electron chi connectivity index (χ1n) is 4.64. The quantitative estimate of drug-likeness (QED) is 0.590. The second-order valence-corrected chi connectivity index (χ2v) is 3.77. The van der Waals surface area contributed by atoms with E-state index in [2.05, 4.69) is 36.3 Å². The van der Waals surface area contributed by atoms with Crippen molar-refractivity contribution < 1.29 is 4.84 Å². The van der Waals surface area contributed by atoms with Crippen LogP contribution in [0.3, 0.4) is 0 Å². The van der Waals surface area contributed by atoms with E-state index >= 15 is 0 Å². The summed E-state index contributed by atoms with van der Waals surface area (Å²) in [5.74, 6) is 0.498. The SMILES string of the molecule is CC1=NOC2c3ccccc3CC12. The molecule has 0 fully saturated rings. The lowest BCUT2D eigenvalue weighted by atomic mass is 10.00. The summed E-state index contributed by atoms with van der Waals surface area (Å²) >= 11 is 0. The van der Waals surface area contributed by atoms with Crippen molar-refractivity contribution in [1.82, 2.24) is 0 Å². The first-order chi connectivity index (χ1) is 6.36. The van der Waals surface area contributed by atoms with Crippen molar-refractivity contribution >= 4 is 5.71 Å². The number of hydrogen-bond acceptors (Lipinski definition) is 2. The first kappa shape index (κ1) is 7.13. The fourth-order valence-corrected chi connectivity index (χ4v) is 2.26. The molecule has 0 amide bonds. The molecule has 0 radical (unpaired) electrons. The molecule has 0 saturated carbocycles. The third-order valence-electron chi connectivity index (χ3n) is 3.01. The minimum Gasteiger partial charge on any atom is -0.387 e. The van der Waals surface area contributed by atoms with Crippen molar-refractivity contribution in [1.29, 1.82) is 0 Å². The zero-order valence-electron chi connectivity index (χ0n) is 7.53. The summed E-state index contributed by atoms with van der Waals surface area (Å²) in [5.41, 5.74) is 3.89. The van der Waals surface area contributed by atoms with Gasteiger partial charge in [0.25, 0.3) is 0 Å². The van der Waals surface area contributed by atoms with E-state index in [9.17, 15) is 0 Å². The Morgan fingerprint density at radius 2 is 2.23 bits per heavy atom. The van der Waals surface area contributed by atoms with Crippen molar-refractivity contribution in [3.8, 4) is 0 Å². The third-order valence-corrected chi connectivity index (χ3v) is 3.01. The molecule has 1 aliphatic heterocycles. The van der Waals surface area contributed by atoms with Crippen LogP contribution in [0.5, 0.6) is 0 Å². The summed E-state index contributed by atoms with van der Waals surface area (Å²) in [7, 11) is 0. The van der Waals surface area contributed by atoms with E-state index in [-0.39, 0.29) is 6.10 Å². The molecular weight excluding hydrogens is 162 g/mol. The zero-order chi connectivity index (χ0) is 8.84. The Kier molecular flexibility index (Phi) is 1.29. The Bertz CT molecular complexity index is 383. The Morgan fingerprint density at radius 1 is 1.38 bits per heavy atom. The van der Waals surface area contributed by atoms with Gasteiger partial charge in [-0.3, -0.25) is 0 Å². The van der Waals surface area contributed by atoms with Crippen LogP contribution in [0.1, 0.15) is 24.2 Å². The number of rotatable bonds is 0. The summed E-state index contributed by atoms with van der Waals surface area (Å²) in [6.07, 6.45) is 1.30. The van der Waals surface area contributed by atoms with Gasteiger partial charge in [-0.25, -0.2) is 0 Å². The molecule has 1 heterocycles. The predicted molar refractivity (Wildman–Crippen MR) is 50.6 cm³/mol. The topological polar surface area (TPSA) is 21.6 Å². The van der Waals surface area contributed by atoms with Gasteiger partial charge in [-0.05, 0) is 24.5 Å². The maximum atomic E-state index is 5.40. The lowest BCUT2D eigenvalue weighted by molar-refractivity contribution is 0.0697. The second kappa shape index (κ2) is 2.34. The van der Waals surface area contributed by atoms with Crippen LogP contribution >= 0.6 is 0 Å². The molecular formula is C11H11NO. The molecule has 3 rings (SSSR count). The van der Waals surface area contributed by atoms with E-state index in [0.717, 1.165) is 12.1 Å². The molecule has 1 aliphatic carbocycles. The molecule has 1 aromatic rings. The number of hydrogen-bond donors (Lipinski definition) is 0. The summed E-state index contributed by atoms with van der Waals surface area (Å²) in [6, 6.07) is 8.49. The molecule has 2 unspecified atom stereocenters. The van der Waals surface area contributed by atoms with Crippen LogP contribution < -0.4 is 0 Å². The van der Waals surface area contributed by atoms with Gasteiger partial charge in [0.15, 0.2) is 6.10 Å². The standard InChI is InChI=1S/C11H11NO/c1-7-10-6-8-4-2-3-5-9(8)11(10)13-12-7/h2-5,10-11H,6H2,1H3. The average molecular weight is 173 g/mol. The van der Waals surface area contributed by atoms with Crippen molar-refractivity contribution in [3.63, 3.8) is 0 Å². The highest BCUT2D eigenvalue weighted by atomic mass is 16.6. The Morgan fingerprint density at radius 3 is 3.15 bits per heavy atom. The lowest BCUT2D eigenvalue weighted by Crippen LogP contribution is -2.09. The molecule has 66 valence electrons. The minimum atomic E-state index is 0.205. The van der Waals surface area contributed by atoms with E-state index in [0.29, 0.717) is 5.92 Å². The molecule has 13 heavy (non-hydrogen) atoms. The van der Waals surface area contributed by atoms with Crippen LogP contribution in [-0.4, -0.2) is 5.71 Å². The van der Waals surface area contributed by atoms with Gasteiger partial charge in [0.1, 0.15) is 0 Å². The number of fused-ring (bicyclic) bond motifs is 3. The third kappa shape index (κ3) is 0.857. The summed E-state index contributed by atoms with van der Waals surface area (Å²) in [5, 5.41) is 4.04. The molecule has 2 heteroatoms. The molecule has 2 atom stereocenters. The van der Waals surface area contributed by atoms with Crippen molar-refractivity contribution in [2.45, 2.75) is 19.4 Å². The van der Waals surface area contributed by atoms with Gasteiger partial charge in [0, 0.05) is 5.92 Å². The van der Waals surface area contributed by atoms with E-state index in [1.165, 1.54) is 11.1 Å². The molecule has 0 aromatic heterocycles. The first-order valence-corrected chi connectivity index (χ1v) is 4.64. The highest BCUT2D eigenvalue weighted by molar-refractivity contribution is 5.87. The zero-order valence-corrected chi connectivity index (χ0v) is 7.53. The largest absolute Gasteiger partial charge is 0.387 e. The van der Waals surface area contributed by atoms with E-state index in [4.69, 9.17) is 4.84 Å². The van der Waals surface area contributed by atoms with E-state index < -0.39 is 0 Å². The highest BCUT2D eigenvalue weighted by Gasteiger charge is 2.39. The van der Waals surface area contributed by atoms with Crippen LogP contribution in [0.15, 0.2) is 29.4 Å². The Balaban J connectivity index is 2.08. The van der Waals surface area contributed by atoms with E-state index in [1.54, 1.807) is 0 Å². The molecule has 0 N–H and O–H groups in total. The van der Waals surface area contributed by atoms with Gasteiger partial charge < -0.3 is 4.84 Å². The molecule has 0 spiro atoms. The Hall–Kier alpha value is -1.31.